The summed E-state index contributed by atoms with van der Waals surface area (Å²) in [5.74, 6) is 1.08. The molecular weight excluding hydrogens is 594 g/mol. The zero-order valence-electron chi connectivity index (χ0n) is 27.7. The van der Waals surface area contributed by atoms with Gasteiger partial charge in [-0.05, 0) is 67.5 Å². The molecule has 3 aromatic rings. The van der Waals surface area contributed by atoms with Crippen LogP contribution in [0.15, 0.2) is 42.5 Å². The lowest BCUT2D eigenvalue weighted by Crippen LogP contribution is -2.47. The Kier molecular flexibility index (Phi) is 10.2. The van der Waals surface area contributed by atoms with E-state index in [0.717, 1.165) is 62.1 Å². The fourth-order valence-corrected chi connectivity index (χ4v) is 7.21. The first-order valence-electron chi connectivity index (χ1n) is 17.2. The van der Waals surface area contributed by atoms with Gasteiger partial charge in [-0.25, -0.2) is 4.98 Å². The number of hydrogen-bond donors (Lipinski definition) is 1. The van der Waals surface area contributed by atoms with Gasteiger partial charge in [0.25, 0.3) is 5.91 Å². The zero-order chi connectivity index (χ0) is 32.9. The van der Waals surface area contributed by atoms with Crippen LogP contribution >= 0.6 is 0 Å². The maximum Gasteiger partial charge on any atom is 0.257 e. The standard InChI is InChI=1S/C36H47N7O4/c1-26(44)41-20-18-40(19-21-41)25-28-10-5-11-29(22-28)35(47)38-36-37-31-24-30(39(2)34(46)23-27-8-3-4-9-27)13-14-32(31)43(36)17-7-16-42-15-6-12-33(42)45/h5,10-11,13-14,22,24,27H,3-4,6-9,12,15-21,23,25H2,1-2H3,(H,37,38,47). The van der Waals surface area contributed by atoms with E-state index < -0.39 is 0 Å². The quantitative estimate of drug-likeness (QED) is 0.330. The molecule has 1 aromatic heterocycles. The largest absolute Gasteiger partial charge is 0.343 e. The van der Waals surface area contributed by atoms with Gasteiger partial charge in [-0.3, -0.25) is 29.4 Å². The number of nitrogens with zero attached hydrogens (tertiary/aromatic N) is 6. The van der Waals surface area contributed by atoms with E-state index in [4.69, 9.17) is 4.98 Å². The van der Waals surface area contributed by atoms with Crippen LogP contribution in [0, 0.1) is 5.92 Å². The summed E-state index contributed by atoms with van der Waals surface area (Å²) in [6.45, 7) is 7.36. The number of hydrogen-bond acceptors (Lipinski definition) is 6. The third kappa shape index (κ3) is 7.84. The van der Waals surface area contributed by atoms with E-state index in [9.17, 15) is 19.2 Å². The Morgan fingerprint density at radius 2 is 1.74 bits per heavy atom. The minimum Gasteiger partial charge on any atom is -0.343 e. The number of rotatable bonds is 11. The van der Waals surface area contributed by atoms with E-state index in [2.05, 4.69) is 10.2 Å². The first-order valence-corrected chi connectivity index (χ1v) is 17.2. The van der Waals surface area contributed by atoms with Crippen molar-refractivity contribution in [3.8, 4) is 0 Å². The summed E-state index contributed by atoms with van der Waals surface area (Å²) >= 11 is 0. The number of carbonyl (C=O) groups excluding carboxylic acids is 4. The maximum atomic E-state index is 13.6. The van der Waals surface area contributed by atoms with Gasteiger partial charge in [-0.2, -0.15) is 0 Å². The highest BCUT2D eigenvalue weighted by Gasteiger charge is 2.24. The predicted molar refractivity (Wildman–Crippen MR) is 182 cm³/mol. The van der Waals surface area contributed by atoms with E-state index in [-0.39, 0.29) is 23.6 Å². The predicted octanol–water partition coefficient (Wildman–Crippen LogP) is 4.51. The number of carbonyl (C=O) groups is 4. The van der Waals surface area contributed by atoms with Crippen molar-refractivity contribution in [1.29, 1.82) is 0 Å². The molecule has 2 aromatic carbocycles. The maximum absolute atomic E-state index is 13.6. The second kappa shape index (κ2) is 14.7. The topological polar surface area (TPSA) is 111 Å². The molecule has 0 atom stereocenters. The van der Waals surface area contributed by atoms with Crippen LogP contribution in [0.5, 0.6) is 0 Å². The van der Waals surface area contributed by atoms with Crippen molar-refractivity contribution in [2.45, 2.75) is 71.4 Å². The third-order valence-electron chi connectivity index (χ3n) is 10.1. The van der Waals surface area contributed by atoms with Gasteiger partial charge in [0.2, 0.25) is 23.7 Å². The summed E-state index contributed by atoms with van der Waals surface area (Å²) in [5, 5.41) is 3.07. The average molecular weight is 642 g/mol. The lowest BCUT2D eigenvalue weighted by Gasteiger charge is -2.34. The van der Waals surface area contributed by atoms with Crippen LogP contribution in [0.1, 0.15) is 74.2 Å². The normalized spacial score (nSPS) is 17.5. The molecule has 1 N–H and O–H groups in total. The Hall–Kier alpha value is -4.25. The Morgan fingerprint density at radius 1 is 0.957 bits per heavy atom. The Morgan fingerprint density at radius 3 is 2.47 bits per heavy atom. The van der Waals surface area contributed by atoms with E-state index in [1.807, 2.05) is 63.9 Å². The average Bonchev–Trinajstić information content (AvgIpc) is 3.81. The van der Waals surface area contributed by atoms with Gasteiger partial charge >= 0.3 is 0 Å². The SMILES string of the molecule is CC(=O)N1CCN(Cc2cccc(C(=O)Nc3nc4cc(N(C)C(=O)CC5CCCC5)ccc4n3CCCN3CCCC3=O)c2)CC1. The fraction of sp³-hybridized carbons (Fsp3) is 0.528. The van der Waals surface area contributed by atoms with Crippen LogP contribution in [0.2, 0.25) is 0 Å². The minimum absolute atomic E-state index is 0.106. The molecule has 6 rings (SSSR count). The summed E-state index contributed by atoms with van der Waals surface area (Å²) < 4.78 is 2.01. The number of imidazole rings is 1. The summed E-state index contributed by atoms with van der Waals surface area (Å²) in [6.07, 6.45) is 7.45. The van der Waals surface area contributed by atoms with Crippen LogP contribution in [-0.2, 0) is 27.5 Å². The molecule has 3 fully saturated rings. The van der Waals surface area contributed by atoms with Crippen molar-refractivity contribution in [2.75, 3.05) is 56.5 Å². The van der Waals surface area contributed by atoms with Crippen LogP contribution in [0.3, 0.4) is 0 Å². The number of benzene rings is 2. The van der Waals surface area contributed by atoms with Gasteiger partial charge in [-0.15, -0.1) is 0 Å². The summed E-state index contributed by atoms with van der Waals surface area (Å²) in [7, 11) is 1.82. The molecule has 2 saturated heterocycles. The second-order valence-electron chi connectivity index (χ2n) is 13.3. The number of aromatic nitrogens is 2. The molecule has 11 heteroatoms. The Labute approximate surface area is 276 Å². The highest BCUT2D eigenvalue weighted by atomic mass is 16.2. The van der Waals surface area contributed by atoms with Crippen LogP contribution in [0.4, 0.5) is 11.6 Å². The highest BCUT2D eigenvalue weighted by Crippen LogP contribution is 2.30. The molecule has 47 heavy (non-hydrogen) atoms. The molecule has 3 aliphatic rings. The number of amides is 4. The molecule has 2 aliphatic heterocycles. The molecule has 1 saturated carbocycles. The lowest BCUT2D eigenvalue weighted by atomic mass is 10.0. The molecule has 0 bridgehead atoms. The molecule has 0 unspecified atom stereocenters. The van der Waals surface area contributed by atoms with Crippen molar-refractivity contribution >= 4 is 46.3 Å². The summed E-state index contributed by atoms with van der Waals surface area (Å²) in [6, 6.07) is 13.5. The number of aryl methyl sites for hydroxylation is 1. The van der Waals surface area contributed by atoms with E-state index in [1.165, 1.54) is 12.8 Å². The molecule has 1 aliphatic carbocycles. The van der Waals surface area contributed by atoms with Crippen molar-refractivity contribution < 1.29 is 19.2 Å². The Balaban J connectivity index is 1.18. The van der Waals surface area contributed by atoms with Crippen molar-refractivity contribution in [3.05, 3.63) is 53.6 Å². The number of likely N-dealkylation sites (tertiary alicyclic amines) is 1. The molecule has 11 nitrogen and oxygen atoms in total. The van der Waals surface area contributed by atoms with Gasteiger partial charge in [0.05, 0.1) is 11.0 Å². The molecule has 0 spiro atoms. The molecule has 4 amide bonds. The monoisotopic (exact) mass is 641 g/mol. The summed E-state index contributed by atoms with van der Waals surface area (Å²) in [5.41, 5.74) is 3.93. The van der Waals surface area contributed by atoms with E-state index >= 15 is 0 Å². The molecular formula is C36H47N7O4. The van der Waals surface area contributed by atoms with Gasteiger partial charge in [0.15, 0.2) is 0 Å². The van der Waals surface area contributed by atoms with Crippen molar-refractivity contribution in [1.82, 2.24) is 24.3 Å². The third-order valence-corrected chi connectivity index (χ3v) is 10.1. The molecule has 0 radical (unpaired) electrons. The number of piperazine rings is 1. The number of fused-ring (bicyclic) bond motifs is 1. The zero-order valence-corrected chi connectivity index (χ0v) is 27.7. The van der Waals surface area contributed by atoms with Gasteiger partial charge in [0, 0.05) is 90.4 Å². The second-order valence-corrected chi connectivity index (χ2v) is 13.3. The molecule has 250 valence electrons. The van der Waals surface area contributed by atoms with Gasteiger partial charge in [0.1, 0.15) is 0 Å². The van der Waals surface area contributed by atoms with Gasteiger partial charge in [-0.1, -0.05) is 25.0 Å². The fourth-order valence-electron chi connectivity index (χ4n) is 7.21. The lowest BCUT2D eigenvalue weighted by molar-refractivity contribution is -0.130. The van der Waals surface area contributed by atoms with Crippen LogP contribution < -0.4 is 10.2 Å². The van der Waals surface area contributed by atoms with Crippen molar-refractivity contribution in [3.63, 3.8) is 0 Å². The first-order chi connectivity index (χ1) is 22.7. The van der Waals surface area contributed by atoms with Crippen LogP contribution in [-0.4, -0.2) is 94.2 Å². The van der Waals surface area contributed by atoms with Crippen molar-refractivity contribution in [2.24, 2.45) is 5.92 Å². The van der Waals surface area contributed by atoms with Gasteiger partial charge < -0.3 is 19.3 Å². The van der Waals surface area contributed by atoms with E-state index in [1.54, 1.807) is 11.8 Å². The number of anilines is 2. The minimum atomic E-state index is -0.247. The Bertz CT molecular complexity index is 1620. The highest BCUT2D eigenvalue weighted by molar-refractivity contribution is 6.04. The summed E-state index contributed by atoms with van der Waals surface area (Å²) in [4.78, 5) is 63.3. The first kappa shape index (κ1) is 32.7. The van der Waals surface area contributed by atoms with Crippen LogP contribution in [0.25, 0.3) is 11.0 Å². The van der Waals surface area contributed by atoms with E-state index in [0.29, 0.717) is 68.5 Å². The smallest absolute Gasteiger partial charge is 0.257 e. The number of nitrogens with one attached hydrogen (secondary N) is 1. The molecule has 3 heterocycles.